The summed E-state index contributed by atoms with van der Waals surface area (Å²) in [5.74, 6) is 0. The van der Waals surface area contributed by atoms with E-state index in [1.807, 2.05) is 6.08 Å². The van der Waals surface area contributed by atoms with Gasteiger partial charge in [-0.05, 0) is 25.3 Å². The molecule has 0 aliphatic carbocycles. The fourth-order valence-electron chi connectivity index (χ4n) is 0.998. The molecule has 0 rings (SSSR count). The van der Waals surface area contributed by atoms with Crippen molar-refractivity contribution in [2.75, 3.05) is 0 Å². The Morgan fingerprint density at radius 1 is 1.17 bits per heavy atom. The lowest BCUT2D eigenvalue weighted by atomic mass is 10.1. The molecule has 0 unspecified atom stereocenters. The second-order valence-electron chi connectivity index (χ2n) is 3.17. The van der Waals surface area contributed by atoms with Gasteiger partial charge in [-0.1, -0.05) is 39.2 Å². The Kier molecular flexibility index (Phi) is 8.09. The minimum absolute atomic E-state index is 0.785. The highest BCUT2D eigenvalue weighted by Gasteiger charge is 1.89. The van der Waals surface area contributed by atoms with Crippen LogP contribution in [0.5, 0.6) is 0 Å². The summed E-state index contributed by atoms with van der Waals surface area (Å²) in [6, 6.07) is 0. The highest BCUT2D eigenvalue weighted by atomic mass is 14.4. The van der Waals surface area contributed by atoms with Crippen LogP contribution in [0.1, 0.15) is 52.4 Å². The minimum atomic E-state index is 0.785. The van der Waals surface area contributed by atoms with Gasteiger partial charge in [0.2, 0.25) is 0 Å². The zero-order chi connectivity index (χ0) is 9.23. The van der Waals surface area contributed by atoms with Crippen LogP contribution in [-0.2, 0) is 0 Å². The maximum atomic E-state index is 7.54. The van der Waals surface area contributed by atoms with E-state index in [4.69, 9.17) is 5.41 Å². The van der Waals surface area contributed by atoms with E-state index < -0.39 is 0 Å². The molecule has 0 spiro atoms. The molecule has 0 fully saturated rings. The fraction of sp³-hybridized carbons (Fsp3) is 0.727. The Morgan fingerprint density at radius 2 is 1.83 bits per heavy atom. The van der Waals surface area contributed by atoms with Gasteiger partial charge in [-0.2, -0.15) is 0 Å². The van der Waals surface area contributed by atoms with Crippen molar-refractivity contribution in [2.45, 2.75) is 52.4 Å². The number of hydrogen-bond acceptors (Lipinski definition) is 1. The van der Waals surface area contributed by atoms with E-state index in [9.17, 15) is 0 Å². The molecule has 0 bridgehead atoms. The van der Waals surface area contributed by atoms with Gasteiger partial charge < -0.3 is 5.41 Å². The van der Waals surface area contributed by atoms with Crippen molar-refractivity contribution in [1.29, 1.82) is 5.41 Å². The van der Waals surface area contributed by atoms with E-state index in [2.05, 4.69) is 19.9 Å². The Hall–Kier alpha value is -0.590. The van der Waals surface area contributed by atoms with Crippen molar-refractivity contribution in [3.63, 3.8) is 0 Å². The first-order valence-corrected chi connectivity index (χ1v) is 5.05. The molecule has 0 aromatic rings. The van der Waals surface area contributed by atoms with Crippen LogP contribution in [0.15, 0.2) is 12.2 Å². The van der Waals surface area contributed by atoms with E-state index in [1.165, 1.54) is 19.3 Å². The second-order valence-corrected chi connectivity index (χ2v) is 3.17. The van der Waals surface area contributed by atoms with Crippen LogP contribution in [0.4, 0.5) is 0 Å². The molecule has 0 saturated carbocycles. The number of allylic oxidation sites excluding steroid dienone is 2. The lowest BCUT2D eigenvalue weighted by Gasteiger charge is -1.94. The van der Waals surface area contributed by atoms with Crippen molar-refractivity contribution in [3.8, 4) is 0 Å². The summed E-state index contributed by atoms with van der Waals surface area (Å²) in [5, 5.41) is 7.54. The monoisotopic (exact) mass is 167 g/mol. The molecule has 0 radical (unpaired) electrons. The maximum Gasteiger partial charge on any atom is 0.0310 e. The van der Waals surface area contributed by atoms with E-state index >= 15 is 0 Å². The molecule has 0 amide bonds. The zero-order valence-electron chi connectivity index (χ0n) is 8.40. The van der Waals surface area contributed by atoms with E-state index in [-0.39, 0.29) is 0 Å². The first kappa shape index (κ1) is 11.4. The van der Waals surface area contributed by atoms with Crippen LogP contribution in [-0.4, -0.2) is 5.71 Å². The van der Waals surface area contributed by atoms with Gasteiger partial charge in [0.25, 0.3) is 0 Å². The van der Waals surface area contributed by atoms with Crippen molar-refractivity contribution < 1.29 is 0 Å². The van der Waals surface area contributed by atoms with Gasteiger partial charge in [0.15, 0.2) is 0 Å². The standard InChI is InChI=1S/C11H21N/c1-3-5-7-8-10-11(12)9-6-4-2/h8,10,12H,3-7,9H2,1-2H3. The van der Waals surface area contributed by atoms with Crippen LogP contribution >= 0.6 is 0 Å². The molecule has 0 aromatic carbocycles. The highest BCUT2D eigenvalue weighted by molar-refractivity contribution is 5.92. The molecule has 0 aromatic heterocycles. The molecular formula is C11H21N. The molecule has 70 valence electrons. The van der Waals surface area contributed by atoms with Gasteiger partial charge in [0.1, 0.15) is 0 Å². The molecule has 0 atom stereocenters. The number of unbranched alkanes of at least 4 members (excludes halogenated alkanes) is 3. The molecule has 0 saturated heterocycles. The summed E-state index contributed by atoms with van der Waals surface area (Å²) in [7, 11) is 0. The molecule has 0 aliphatic rings. The lowest BCUT2D eigenvalue weighted by molar-refractivity contribution is 0.813. The number of rotatable bonds is 7. The normalized spacial score (nSPS) is 10.8. The fourth-order valence-corrected chi connectivity index (χ4v) is 0.998. The quantitative estimate of drug-likeness (QED) is 0.438. The minimum Gasteiger partial charge on any atom is -0.305 e. The van der Waals surface area contributed by atoms with Crippen LogP contribution in [0.25, 0.3) is 0 Å². The van der Waals surface area contributed by atoms with Crippen molar-refractivity contribution in [1.82, 2.24) is 0 Å². The Morgan fingerprint density at radius 3 is 2.42 bits per heavy atom. The topological polar surface area (TPSA) is 23.9 Å². The van der Waals surface area contributed by atoms with Gasteiger partial charge >= 0.3 is 0 Å². The van der Waals surface area contributed by atoms with Gasteiger partial charge in [-0.15, -0.1) is 0 Å². The Bertz CT molecular complexity index is 136. The molecular weight excluding hydrogens is 146 g/mol. The maximum absolute atomic E-state index is 7.54. The largest absolute Gasteiger partial charge is 0.305 e. The third-order valence-electron chi connectivity index (χ3n) is 1.84. The molecule has 1 heteroatoms. The average Bonchev–Trinajstić information content (AvgIpc) is 2.09. The van der Waals surface area contributed by atoms with Crippen molar-refractivity contribution in [3.05, 3.63) is 12.2 Å². The summed E-state index contributed by atoms with van der Waals surface area (Å²) < 4.78 is 0. The van der Waals surface area contributed by atoms with Crippen LogP contribution < -0.4 is 0 Å². The summed E-state index contributed by atoms with van der Waals surface area (Å²) in [4.78, 5) is 0. The predicted octanol–water partition coefficient (Wildman–Crippen LogP) is 3.94. The van der Waals surface area contributed by atoms with E-state index in [0.717, 1.165) is 25.0 Å². The van der Waals surface area contributed by atoms with Crippen LogP contribution in [0.3, 0.4) is 0 Å². The number of hydrogen-bond donors (Lipinski definition) is 1. The van der Waals surface area contributed by atoms with E-state index in [0.29, 0.717) is 0 Å². The first-order chi connectivity index (χ1) is 5.81. The van der Waals surface area contributed by atoms with Gasteiger partial charge in [0, 0.05) is 5.71 Å². The molecule has 1 nitrogen and oxygen atoms in total. The van der Waals surface area contributed by atoms with Crippen LogP contribution in [0.2, 0.25) is 0 Å². The molecule has 0 heterocycles. The third kappa shape index (κ3) is 7.52. The molecule has 12 heavy (non-hydrogen) atoms. The molecule has 0 aliphatic heterocycles. The van der Waals surface area contributed by atoms with Crippen molar-refractivity contribution >= 4 is 5.71 Å². The van der Waals surface area contributed by atoms with Crippen molar-refractivity contribution in [2.24, 2.45) is 0 Å². The van der Waals surface area contributed by atoms with Crippen LogP contribution in [0, 0.1) is 5.41 Å². The summed E-state index contributed by atoms with van der Waals surface area (Å²) in [5.41, 5.74) is 0.785. The third-order valence-corrected chi connectivity index (χ3v) is 1.84. The average molecular weight is 167 g/mol. The Labute approximate surface area is 76.4 Å². The SMILES string of the molecule is CCCCC=CC(=N)CCCC. The zero-order valence-corrected chi connectivity index (χ0v) is 8.40. The van der Waals surface area contributed by atoms with Gasteiger partial charge in [-0.3, -0.25) is 0 Å². The first-order valence-electron chi connectivity index (χ1n) is 5.05. The molecule has 1 N–H and O–H groups in total. The number of nitrogens with one attached hydrogen (secondary N) is 1. The summed E-state index contributed by atoms with van der Waals surface area (Å²) in [6.07, 6.45) is 11.0. The van der Waals surface area contributed by atoms with Gasteiger partial charge in [-0.25, -0.2) is 0 Å². The predicted molar refractivity (Wildman–Crippen MR) is 55.9 cm³/mol. The second kappa shape index (κ2) is 8.51. The Balaban J connectivity index is 3.34. The lowest BCUT2D eigenvalue weighted by Crippen LogP contribution is -1.89. The highest BCUT2D eigenvalue weighted by Crippen LogP contribution is 1.99. The van der Waals surface area contributed by atoms with E-state index in [1.54, 1.807) is 0 Å². The summed E-state index contributed by atoms with van der Waals surface area (Å²) >= 11 is 0. The van der Waals surface area contributed by atoms with Gasteiger partial charge in [0.05, 0.1) is 0 Å². The summed E-state index contributed by atoms with van der Waals surface area (Å²) in [6.45, 7) is 4.35. The smallest absolute Gasteiger partial charge is 0.0310 e.